The van der Waals surface area contributed by atoms with Crippen molar-refractivity contribution in [1.29, 1.82) is 0 Å². The topological polar surface area (TPSA) is 60.2 Å². The van der Waals surface area contributed by atoms with Gasteiger partial charge >= 0.3 is 0 Å². The van der Waals surface area contributed by atoms with Crippen molar-refractivity contribution >= 4 is 0 Å². The van der Waals surface area contributed by atoms with Gasteiger partial charge in [-0.05, 0) is 32.7 Å². The summed E-state index contributed by atoms with van der Waals surface area (Å²) in [4.78, 5) is 4.37. The number of aryl methyl sites for hydroxylation is 1. The molecule has 2 unspecified atom stereocenters. The maximum absolute atomic E-state index is 5.28. The van der Waals surface area contributed by atoms with Crippen LogP contribution in [0.15, 0.2) is 4.52 Å². The molecular weight excluding hydrogens is 230 g/mol. The fourth-order valence-electron chi connectivity index (χ4n) is 1.79. The van der Waals surface area contributed by atoms with Gasteiger partial charge < -0.3 is 14.6 Å². The second-order valence-electron chi connectivity index (χ2n) is 4.57. The molecule has 1 heterocycles. The van der Waals surface area contributed by atoms with E-state index in [-0.39, 0.29) is 6.10 Å². The minimum absolute atomic E-state index is 0.0573. The molecule has 5 nitrogen and oxygen atoms in total. The maximum atomic E-state index is 5.28. The number of ether oxygens (including phenoxy) is 1. The molecule has 0 aliphatic carbocycles. The molecule has 2 atom stereocenters. The lowest BCUT2D eigenvalue weighted by atomic mass is 10.2. The molecule has 0 aliphatic rings. The van der Waals surface area contributed by atoms with E-state index in [9.17, 15) is 0 Å². The number of aromatic nitrogens is 2. The molecule has 1 aromatic heterocycles. The van der Waals surface area contributed by atoms with E-state index < -0.39 is 0 Å². The Morgan fingerprint density at radius 1 is 1.39 bits per heavy atom. The van der Waals surface area contributed by atoms with E-state index in [4.69, 9.17) is 9.26 Å². The van der Waals surface area contributed by atoms with Gasteiger partial charge in [0.15, 0.2) is 0 Å². The van der Waals surface area contributed by atoms with Crippen LogP contribution in [-0.4, -0.2) is 29.8 Å². The molecule has 5 heteroatoms. The molecule has 0 aliphatic heterocycles. The van der Waals surface area contributed by atoms with E-state index in [0.717, 1.165) is 32.2 Å². The Kier molecular flexibility index (Phi) is 6.90. The van der Waals surface area contributed by atoms with Crippen LogP contribution < -0.4 is 5.32 Å². The minimum atomic E-state index is -0.0573. The van der Waals surface area contributed by atoms with Gasteiger partial charge in [0.2, 0.25) is 11.7 Å². The molecule has 1 N–H and O–H groups in total. The SMILES string of the molecule is CCCNC(C)CCc1nc(C(CC)OC)no1. The largest absolute Gasteiger partial charge is 0.373 e. The Bertz CT molecular complexity index is 324. The third-order valence-electron chi connectivity index (χ3n) is 2.96. The molecule has 1 rings (SSSR count). The Morgan fingerprint density at radius 3 is 2.78 bits per heavy atom. The van der Waals surface area contributed by atoms with Crippen LogP contribution in [0.2, 0.25) is 0 Å². The lowest BCUT2D eigenvalue weighted by molar-refractivity contribution is 0.0903. The smallest absolute Gasteiger partial charge is 0.226 e. The van der Waals surface area contributed by atoms with E-state index in [2.05, 4.69) is 29.3 Å². The summed E-state index contributed by atoms with van der Waals surface area (Å²) >= 11 is 0. The lowest BCUT2D eigenvalue weighted by Gasteiger charge is -2.11. The van der Waals surface area contributed by atoms with Crippen LogP contribution in [-0.2, 0) is 11.2 Å². The normalized spacial score (nSPS) is 14.7. The Morgan fingerprint density at radius 2 is 2.17 bits per heavy atom. The van der Waals surface area contributed by atoms with Gasteiger partial charge in [-0.2, -0.15) is 4.98 Å². The molecule has 0 saturated heterocycles. The molecule has 0 aromatic carbocycles. The zero-order valence-corrected chi connectivity index (χ0v) is 11.9. The van der Waals surface area contributed by atoms with Crippen molar-refractivity contribution in [3.63, 3.8) is 0 Å². The van der Waals surface area contributed by atoms with Crippen molar-refractivity contribution in [2.45, 2.75) is 58.6 Å². The maximum Gasteiger partial charge on any atom is 0.226 e. The van der Waals surface area contributed by atoms with Gasteiger partial charge in [0.25, 0.3) is 0 Å². The van der Waals surface area contributed by atoms with Crippen molar-refractivity contribution in [3.05, 3.63) is 11.7 Å². The van der Waals surface area contributed by atoms with Gasteiger partial charge in [-0.25, -0.2) is 0 Å². The quantitative estimate of drug-likeness (QED) is 0.734. The highest BCUT2D eigenvalue weighted by Crippen LogP contribution is 2.17. The second kappa shape index (κ2) is 8.21. The van der Waals surface area contributed by atoms with E-state index in [0.29, 0.717) is 17.8 Å². The highest BCUT2D eigenvalue weighted by Gasteiger charge is 2.16. The molecule has 104 valence electrons. The number of nitrogens with zero attached hydrogens (tertiary/aromatic N) is 2. The predicted molar refractivity (Wildman–Crippen MR) is 70.4 cm³/mol. The first-order valence-electron chi connectivity index (χ1n) is 6.79. The average Bonchev–Trinajstić information content (AvgIpc) is 2.84. The first kappa shape index (κ1) is 15.1. The summed E-state index contributed by atoms with van der Waals surface area (Å²) in [6.45, 7) is 7.44. The van der Waals surface area contributed by atoms with E-state index >= 15 is 0 Å². The van der Waals surface area contributed by atoms with Gasteiger partial charge in [0.1, 0.15) is 6.10 Å². The molecule has 18 heavy (non-hydrogen) atoms. The van der Waals surface area contributed by atoms with Crippen molar-refractivity contribution in [2.75, 3.05) is 13.7 Å². The number of rotatable bonds is 9. The molecule has 0 saturated carbocycles. The summed E-state index contributed by atoms with van der Waals surface area (Å²) in [6, 6.07) is 0.477. The summed E-state index contributed by atoms with van der Waals surface area (Å²) < 4.78 is 10.5. The van der Waals surface area contributed by atoms with Crippen LogP contribution in [0.1, 0.15) is 57.9 Å². The molecule has 0 spiro atoms. The standard InChI is InChI=1S/C13H25N3O2/c1-5-9-14-10(3)7-8-12-15-13(16-18-12)11(6-2)17-4/h10-11,14H,5-9H2,1-4H3. The van der Waals surface area contributed by atoms with Gasteiger partial charge in [-0.3, -0.25) is 0 Å². The molecule has 0 radical (unpaired) electrons. The Labute approximate surface area is 109 Å². The van der Waals surface area contributed by atoms with Crippen LogP contribution >= 0.6 is 0 Å². The predicted octanol–water partition coefficient (Wildman–Crippen LogP) is 2.49. The van der Waals surface area contributed by atoms with Crippen molar-refractivity contribution in [2.24, 2.45) is 0 Å². The number of methoxy groups -OCH3 is 1. The van der Waals surface area contributed by atoms with E-state index in [1.807, 2.05) is 6.92 Å². The van der Waals surface area contributed by atoms with Crippen molar-refractivity contribution in [1.82, 2.24) is 15.5 Å². The fourth-order valence-corrected chi connectivity index (χ4v) is 1.79. The average molecular weight is 255 g/mol. The number of hydrogen-bond donors (Lipinski definition) is 1. The molecular formula is C13H25N3O2. The van der Waals surface area contributed by atoms with Crippen molar-refractivity contribution in [3.8, 4) is 0 Å². The highest BCUT2D eigenvalue weighted by atomic mass is 16.5. The highest BCUT2D eigenvalue weighted by molar-refractivity contribution is 4.91. The summed E-state index contributed by atoms with van der Waals surface area (Å²) in [7, 11) is 1.67. The van der Waals surface area contributed by atoms with Crippen LogP contribution in [0, 0.1) is 0 Å². The zero-order valence-electron chi connectivity index (χ0n) is 11.9. The second-order valence-corrected chi connectivity index (χ2v) is 4.57. The lowest BCUT2D eigenvalue weighted by Crippen LogP contribution is -2.27. The number of hydrogen-bond acceptors (Lipinski definition) is 5. The Hall–Kier alpha value is -0.940. The zero-order chi connectivity index (χ0) is 13.4. The van der Waals surface area contributed by atoms with E-state index in [1.165, 1.54) is 0 Å². The monoisotopic (exact) mass is 255 g/mol. The van der Waals surface area contributed by atoms with Crippen LogP contribution in [0.4, 0.5) is 0 Å². The van der Waals surface area contributed by atoms with E-state index in [1.54, 1.807) is 7.11 Å². The third kappa shape index (κ3) is 4.74. The molecule has 0 fully saturated rings. The van der Waals surface area contributed by atoms with Crippen LogP contribution in [0.3, 0.4) is 0 Å². The van der Waals surface area contributed by atoms with Crippen LogP contribution in [0.25, 0.3) is 0 Å². The number of nitrogens with one attached hydrogen (secondary N) is 1. The summed E-state index contributed by atoms with van der Waals surface area (Å²) in [5, 5.41) is 7.41. The third-order valence-corrected chi connectivity index (χ3v) is 2.96. The Balaban J connectivity index is 2.39. The summed E-state index contributed by atoms with van der Waals surface area (Å²) in [5.41, 5.74) is 0. The van der Waals surface area contributed by atoms with Gasteiger partial charge in [0.05, 0.1) is 0 Å². The molecule has 0 amide bonds. The molecule has 1 aromatic rings. The first-order valence-corrected chi connectivity index (χ1v) is 6.79. The summed E-state index contributed by atoms with van der Waals surface area (Å²) in [6.07, 6.45) is 3.76. The summed E-state index contributed by atoms with van der Waals surface area (Å²) in [5.74, 6) is 1.36. The van der Waals surface area contributed by atoms with Gasteiger partial charge in [0, 0.05) is 19.6 Å². The van der Waals surface area contributed by atoms with Gasteiger partial charge in [-0.15, -0.1) is 0 Å². The van der Waals surface area contributed by atoms with Crippen LogP contribution in [0.5, 0.6) is 0 Å². The minimum Gasteiger partial charge on any atom is -0.373 e. The molecule has 0 bridgehead atoms. The van der Waals surface area contributed by atoms with Gasteiger partial charge in [-0.1, -0.05) is 19.0 Å². The first-order chi connectivity index (χ1) is 8.71. The van der Waals surface area contributed by atoms with Crippen molar-refractivity contribution < 1.29 is 9.26 Å². The fraction of sp³-hybridized carbons (Fsp3) is 0.846.